The number of methoxy groups -OCH3 is 1. The summed E-state index contributed by atoms with van der Waals surface area (Å²) in [6.45, 7) is -3.08. The monoisotopic (exact) mass is 370 g/mol. The fourth-order valence-electron chi connectivity index (χ4n) is 1.95. The van der Waals surface area contributed by atoms with Gasteiger partial charge in [-0.3, -0.25) is 20.4 Å². The van der Waals surface area contributed by atoms with E-state index in [9.17, 15) is 18.4 Å². The number of hydrazine groups is 1. The fraction of sp³-hybridized carbons (Fsp3) is 0.125. The first-order chi connectivity index (χ1) is 11.9. The molecule has 2 amide bonds. The van der Waals surface area contributed by atoms with Crippen LogP contribution in [0.1, 0.15) is 20.7 Å². The molecule has 0 saturated carbocycles. The average molecular weight is 371 g/mol. The van der Waals surface area contributed by atoms with Crippen molar-refractivity contribution >= 4 is 23.4 Å². The average Bonchev–Trinajstić information content (AvgIpc) is 2.59. The van der Waals surface area contributed by atoms with Gasteiger partial charge in [0.1, 0.15) is 11.5 Å². The van der Waals surface area contributed by atoms with E-state index in [0.717, 1.165) is 0 Å². The lowest BCUT2D eigenvalue weighted by Gasteiger charge is -2.12. The minimum absolute atomic E-state index is 0.129. The minimum atomic E-state index is -3.08. The van der Waals surface area contributed by atoms with Gasteiger partial charge in [-0.25, -0.2) is 0 Å². The van der Waals surface area contributed by atoms with E-state index in [4.69, 9.17) is 16.3 Å². The van der Waals surface area contributed by atoms with Crippen LogP contribution >= 0.6 is 11.6 Å². The van der Waals surface area contributed by atoms with Crippen LogP contribution in [0.25, 0.3) is 0 Å². The Bertz CT molecular complexity index is 786. The van der Waals surface area contributed by atoms with E-state index >= 15 is 0 Å². The molecule has 0 fully saturated rings. The van der Waals surface area contributed by atoms with Gasteiger partial charge < -0.3 is 9.47 Å². The third-order valence-corrected chi connectivity index (χ3v) is 3.28. The first-order valence-corrected chi connectivity index (χ1v) is 7.28. The van der Waals surface area contributed by atoms with E-state index in [2.05, 4.69) is 15.6 Å². The Kier molecular flexibility index (Phi) is 6.13. The van der Waals surface area contributed by atoms with Crippen molar-refractivity contribution in [3.8, 4) is 11.5 Å². The van der Waals surface area contributed by atoms with Gasteiger partial charge in [-0.1, -0.05) is 23.7 Å². The third-order valence-electron chi connectivity index (χ3n) is 3.05. The van der Waals surface area contributed by atoms with Crippen LogP contribution < -0.4 is 20.3 Å². The maximum Gasteiger partial charge on any atom is 0.387 e. The minimum Gasteiger partial charge on any atom is -0.496 e. The number of alkyl halides is 2. The number of carbonyl (C=O) groups excluding carboxylic acids is 2. The third kappa shape index (κ3) is 4.80. The zero-order valence-corrected chi connectivity index (χ0v) is 13.6. The van der Waals surface area contributed by atoms with Crippen molar-refractivity contribution in [1.82, 2.24) is 10.9 Å². The van der Waals surface area contributed by atoms with E-state index in [-0.39, 0.29) is 22.6 Å². The molecule has 6 nitrogen and oxygen atoms in total. The number of benzene rings is 2. The molecular formula is C16H13ClF2N2O4. The van der Waals surface area contributed by atoms with Crippen molar-refractivity contribution in [3.05, 3.63) is 58.6 Å². The second-order valence-corrected chi connectivity index (χ2v) is 5.06. The van der Waals surface area contributed by atoms with Gasteiger partial charge in [0, 0.05) is 5.02 Å². The van der Waals surface area contributed by atoms with Crippen LogP contribution in [-0.4, -0.2) is 25.5 Å². The predicted molar refractivity (Wildman–Crippen MR) is 86.0 cm³/mol. The molecule has 0 heterocycles. The van der Waals surface area contributed by atoms with Crippen LogP contribution in [0, 0.1) is 0 Å². The molecule has 9 heteroatoms. The number of ether oxygens (including phenoxy) is 2. The molecular weight excluding hydrogens is 358 g/mol. The van der Waals surface area contributed by atoms with Gasteiger partial charge in [0.25, 0.3) is 11.8 Å². The number of halogens is 3. The topological polar surface area (TPSA) is 76.7 Å². The Morgan fingerprint density at radius 1 is 1.00 bits per heavy atom. The molecule has 2 rings (SSSR count). The molecule has 2 N–H and O–H groups in total. The zero-order valence-electron chi connectivity index (χ0n) is 12.9. The Balaban J connectivity index is 2.09. The van der Waals surface area contributed by atoms with Crippen molar-refractivity contribution in [2.45, 2.75) is 6.61 Å². The highest BCUT2D eigenvalue weighted by Crippen LogP contribution is 2.23. The van der Waals surface area contributed by atoms with Crippen LogP contribution in [0.15, 0.2) is 42.5 Å². The van der Waals surface area contributed by atoms with Gasteiger partial charge in [-0.15, -0.1) is 0 Å². The Hall–Kier alpha value is -2.87. The molecule has 132 valence electrons. The first kappa shape index (κ1) is 18.5. The molecule has 0 aliphatic carbocycles. The van der Waals surface area contributed by atoms with Crippen molar-refractivity contribution in [2.75, 3.05) is 7.11 Å². The van der Waals surface area contributed by atoms with Gasteiger partial charge in [0.05, 0.1) is 18.2 Å². The summed E-state index contributed by atoms with van der Waals surface area (Å²) >= 11 is 5.81. The molecule has 0 aliphatic rings. The second-order valence-electron chi connectivity index (χ2n) is 4.63. The molecule has 2 aromatic carbocycles. The molecule has 25 heavy (non-hydrogen) atoms. The van der Waals surface area contributed by atoms with E-state index in [1.807, 2.05) is 0 Å². The van der Waals surface area contributed by atoms with Crippen LogP contribution in [0.4, 0.5) is 8.78 Å². The summed E-state index contributed by atoms with van der Waals surface area (Å²) in [6.07, 6.45) is 0. The number of rotatable bonds is 5. The van der Waals surface area contributed by atoms with Gasteiger partial charge in [0.2, 0.25) is 0 Å². The molecule has 2 aromatic rings. The quantitative estimate of drug-likeness (QED) is 0.793. The van der Waals surface area contributed by atoms with E-state index in [1.165, 1.54) is 49.6 Å². The first-order valence-electron chi connectivity index (χ1n) is 6.90. The summed E-state index contributed by atoms with van der Waals surface area (Å²) in [7, 11) is 1.36. The zero-order chi connectivity index (χ0) is 18.4. The van der Waals surface area contributed by atoms with Crippen molar-refractivity contribution in [3.63, 3.8) is 0 Å². The van der Waals surface area contributed by atoms with Gasteiger partial charge in [-0.05, 0) is 30.3 Å². The lowest BCUT2D eigenvalue weighted by atomic mass is 10.2. The van der Waals surface area contributed by atoms with Crippen molar-refractivity contribution in [2.24, 2.45) is 0 Å². The van der Waals surface area contributed by atoms with Crippen LogP contribution in [0.3, 0.4) is 0 Å². The standard InChI is InChI=1S/C16H13ClF2N2O4/c1-24-13-8-9(17)6-7-11(13)15(23)21-20-14(22)10-4-2-3-5-12(10)25-16(18)19/h2-8,16H,1H3,(H,20,22)(H,21,23). The SMILES string of the molecule is COc1cc(Cl)ccc1C(=O)NNC(=O)c1ccccc1OC(F)F. The summed E-state index contributed by atoms with van der Waals surface area (Å²) in [5.41, 5.74) is 4.26. The lowest BCUT2D eigenvalue weighted by Crippen LogP contribution is -2.41. The Labute approximate surface area is 146 Å². The van der Waals surface area contributed by atoms with Gasteiger partial charge >= 0.3 is 6.61 Å². The summed E-state index contributed by atoms with van der Waals surface area (Å²) in [6, 6.07) is 9.73. The maximum atomic E-state index is 12.4. The van der Waals surface area contributed by atoms with Crippen LogP contribution in [-0.2, 0) is 0 Å². The molecule has 0 saturated heterocycles. The highest BCUT2D eigenvalue weighted by Gasteiger charge is 2.17. The Morgan fingerprint density at radius 2 is 1.60 bits per heavy atom. The molecule has 0 atom stereocenters. The number of amides is 2. The smallest absolute Gasteiger partial charge is 0.387 e. The number of para-hydroxylation sites is 1. The molecule has 0 radical (unpaired) electrons. The largest absolute Gasteiger partial charge is 0.496 e. The number of nitrogens with one attached hydrogen (secondary N) is 2. The summed E-state index contributed by atoms with van der Waals surface area (Å²) in [5, 5.41) is 0.371. The van der Waals surface area contributed by atoms with Gasteiger partial charge in [0.15, 0.2) is 0 Å². The summed E-state index contributed by atoms with van der Waals surface area (Å²) in [5.74, 6) is -1.60. The van der Waals surface area contributed by atoms with Crippen molar-refractivity contribution in [1.29, 1.82) is 0 Å². The molecule has 0 bridgehead atoms. The molecule has 0 aromatic heterocycles. The van der Waals surface area contributed by atoms with Crippen molar-refractivity contribution < 1.29 is 27.8 Å². The number of carbonyl (C=O) groups is 2. The number of hydrogen-bond acceptors (Lipinski definition) is 4. The number of hydrogen-bond donors (Lipinski definition) is 2. The Morgan fingerprint density at radius 3 is 2.20 bits per heavy atom. The summed E-state index contributed by atoms with van der Waals surface area (Å²) in [4.78, 5) is 24.2. The molecule has 0 unspecified atom stereocenters. The highest BCUT2D eigenvalue weighted by atomic mass is 35.5. The molecule has 0 spiro atoms. The van der Waals surface area contributed by atoms with E-state index in [1.54, 1.807) is 0 Å². The maximum absolute atomic E-state index is 12.4. The predicted octanol–water partition coefficient (Wildman–Crippen LogP) is 3.02. The highest BCUT2D eigenvalue weighted by molar-refractivity contribution is 6.30. The molecule has 0 aliphatic heterocycles. The van der Waals surface area contributed by atoms with E-state index < -0.39 is 18.4 Å². The fourth-order valence-corrected chi connectivity index (χ4v) is 2.12. The lowest BCUT2D eigenvalue weighted by molar-refractivity contribution is -0.0501. The van der Waals surface area contributed by atoms with Crippen LogP contribution in [0.5, 0.6) is 11.5 Å². The van der Waals surface area contributed by atoms with Gasteiger partial charge in [-0.2, -0.15) is 8.78 Å². The normalized spacial score (nSPS) is 10.3. The van der Waals surface area contributed by atoms with E-state index in [0.29, 0.717) is 5.02 Å². The summed E-state index contributed by atoms with van der Waals surface area (Å²) < 4.78 is 34.0. The van der Waals surface area contributed by atoms with Crippen LogP contribution in [0.2, 0.25) is 5.02 Å². The second kappa shape index (κ2) is 8.29.